The van der Waals surface area contributed by atoms with Gasteiger partial charge in [-0.25, -0.2) is 13.4 Å². The summed E-state index contributed by atoms with van der Waals surface area (Å²) in [4.78, 5) is 20.4. The maximum Gasteiger partial charge on any atom is 0.267 e. The molecule has 0 aliphatic heterocycles. The van der Waals surface area contributed by atoms with Crippen LogP contribution in [0.5, 0.6) is 0 Å². The lowest BCUT2D eigenvalue weighted by Gasteiger charge is -2.14. The van der Waals surface area contributed by atoms with Crippen LogP contribution in [0.1, 0.15) is 28.8 Å². The molecule has 0 N–H and O–H groups in total. The Bertz CT molecular complexity index is 1260. The third-order valence-corrected chi connectivity index (χ3v) is 8.79. The number of thiophene rings is 1. The van der Waals surface area contributed by atoms with Gasteiger partial charge < -0.3 is 0 Å². The lowest BCUT2D eigenvalue weighted by atomic mass is 9.97. The molecule has 1 aromatic carbocycles. The van der Waals surface area contributed by atoms with Crippen molar-refractivity contribution < 1.29 is 8.42 Å². The molecular weight excluding hydrogens is 448 g/mol. The summed E-state index contributed by atoms with van der Waals surface area (Å²) in [6.07, 6.45) is 5.32. The minimum atomic E-state index is -3.09. The van der Waals surface area contributed by atoms with Crippen LogP contribution >= 0.6 is 34.7 Å². The molecule has 0 spiro atoms. The van der Waals surface area contributed by atoms with Crippen molar-refractivity contribution in [2.24, 2.45) is 0 Å². The van der Waals surface area contributed by atoms with Crippen molar-refractivity contribution in [3.8, 4) is 5.69 Å². The van der Waals surface area contributed by atoms with Gasteiger partial charge in [0.15, 0.2) is 5.16 Å². The molecule has 154 valence electrons. The van der Waals surface area contributed by atoms with Gasteiger partial charge in [-0.3, -0.25) is 9.36 Å². The maximum atomic E-state index is 13.6. The Balaban J connectivity index is 1.91. The Kier molecular flexibility index (Phi) is 5.81. The number of thioether (sulfide) groups is 1. The monoisotopic (exact) mass is 468 g/mol. The number of aromatic nitrogens is 2. The highest BCUT2D eigenvalue weighted by Crippen LogP contribution is 2.35. The molecule has 0 saturated heterocycles. The molecule has 3 aromatic rings. The maximum absolute atomic E-state index is 13.6. The van der Waals surface area contributed by atoms with E-state index >= 15 is 0 Å². The van der Waals surface area contributed by atoms with Gasteiger partial charge in [0.2, 0.25) is 0 Å². The van der Waals surface area contributed by atoms with Crippen molar-refractivity contribution >= 4 is 54.8 Å². The number of nitrogens with zero attached hydrogens (tertiary/aromatic N) is 2. The Labute approximate surface area is 183 Å². The number of sulfone groups is 1. The Morgan fingerprint density at radius 3 is 2.76 bits per heavy atom. The average Bonchev–Trinajstić information content (AvgIpc) is 3.02. The van der Waals surface area contributed by atoms with Gasteiger partial charge in [0.05, 0.1) is 16.8 Å². The molecule has 4 rings (SSSR count). The lowest BCUT2D eigenvalue weighted by Crippen LogP contribution is -2.22. The van der Waals surface area contributed by atoms with E-state index in [1.54, 1.807) is 22.0 Å². The second kappa shape index (κ2) is 8.06. The predicted molar refractivity (Wildman–Crippen MR) is 122 cm³/mol. The quantitative estimate of drug-likeness (QED) is 0.409. The zero-order valence-electron chi connectivity index (χ0n) is 16.2. The normalized spacial score (nSPS) is 14.3. The standard InChI is InChI=1S/C20H21ClN2O3S3/c1-12-7-8-13(11-15(12)21)23-19(24)17-14-5-3-4-6-16(14)28-18(17)22-20(23)27-9-10-29(2,25)26/h7-8,11H,3-6,9-10H2,1-2H3. The number of aryl methyl sites for hydroxylation is 3. The van der Waals surface area contributed by atoms with Crippen LogP contribution in [0.2, 0.25) is 5.02 Å². The molecular formula is C20H21ClN2O3S3. The minimum absolute atomic E-state index is 0.0289. The zero-order chi connectivity index (χ0) is 20.8. The van der Waals surface area contributed by atoms with E-state index in [0.717, 1.165) is 41.6 Å². The van der Waals surface area contributed by atoms with E-state index in [0.29, 0.717) is 27.0 Å². The molecule has 2 heterocycles. The molecule has 0 radical (unpaired) electrons. The van der Waals surface area contributed by atoms with E-state index in [1.165, 1.54) is 22.9 Å². The number of fused-ring (bicyclic) bond motifs is 3. The SMILES string of the molecule is Cc1ccc(-n2c(SCCS(C)(=O)=O)nc3sc4c(c3c2=O)CCCC4)cc1Cl. The van der Waals surface area contributed by atoms with Crippen molar-refractivity contribution in [1.29, 1.82) is 0 Å². The van der Waals surface area contributed by atoms with Gasteiger partial charge in [-0.1, -0.05) is 29.4 Å². The first kappa shape index (κ1) is 20.9. The highest BCUT2D eigenvalue weighted by Gasteiger charge is 2.23. The molecule has 0 amide bonds. The molecule has 9 heteroatoms. The summed E-state index contributed by atoms with van der Waals surface area (Å²) >= 11 is 9.21. The molecule has 2 aromatic heterocycles. The van der Waals surface area contributed by atoms with Crippen LogP contribution in [-0.4, -0.2) is 35.7 Å². The Morgan fingerprint density at radius 2 is 2.03 bits per heavy atom. The first-order chi connectivity index (χ1) is 13.7. The highest BCUT2D eigenvalue weighted by molar-refractivity contribution is 8.00. The van der Waals surface area contributed by atoms with Crippen molar-refractivity contribution in [2.75, 3.05) is 17.8 Å². The summed E-state index contributed by atoms with van der Waals surface area (Å²) in [5.74, 6) is 0.364. The van der Waals surface area contributed by atoms with Gasteiger partial charge in [-0.2, -0.15) is 0 Å². The number of hydrogen-bond donors (Lipinski definition) is 0. The Morgan fingerprint density at radius 1 is 1.28 bits per heavy atom. The fourth-order valence-corrected chi connectivity index (χ4v) is 7.20. The average molecular weight is 469 g/mol. The van der Waals surface area contributed by atoms with Crippen LogP contribution in [0.15, 0.2) is 28.2 Å². The molecule has 0 bridgehead atoms. The molecule has 0 atom stereocenters. The third kappa shape index (κ3) is 4.26. The van der Waals surface area contributed by atoms with E-state index < -0.39 is 9.84 Å². The molecule has 0 saturated carbocycles. The van der Waals surface area contributed by atoms with E-state index in [4.69, 9.17) is 16.6 Å². The van der Waals surface area contributed by atoms with Crippen molar-refractivity contribution in [1.82, 2.24) is 9.55 Å². The minimum Gasteiger partial charge on any atom is -0.268 e. The van der Waals surface area contributed by atoms with Gasteiger partial charge in [0, 0.05) is 21.9 Å². The van der Waals surface area contributed by atoms with Crippen molar-refractivity contribution in [3.05, 3.63) is 49.6 Å². The summed E-state index contributed by atoms with van der Waals surface area (Å²) in [7, 11) is -3.09. The summed E-state index contributed by atoms with van der Waals surface area (Å²) in [6.45, 7) is 1.91. The summed E-state index contributed by atoms with van der Waals surface area (Å²) in [5, 5.41) is 1.78. The predicted octanol–water partition coefficient (Wildman–Crippen LogP) is 4.42. The van der Waals surface area contributed by atoms with Crippen LogP contribution in [0.4, 0.5) is 0 Å². The molecule has 1 aliphatic carbocycles. The fraction of sp³-hybridized carbons (Fsp3) is 0.400. The molecule has 1 aliphatic rings. The largest absolute Gasteiger partial charge is 0.268 e. The zero-order valence-corrected chi connectivity index (χ0v) is 19.4. The number of rotatable bonds is 5. The molecule has 0 fully saturated rings. The smallest absolute Gasteiger partial charge is 0.267 e. The fourth-order valence-electron chi connectivity index (χ4n) is 3.52. The van der Waals surface area contributed by atoms with Crippen LogP contribution < -0.4 is 5.56 Å². The van der Waals surface area contributed by atoms with Crippen molar-refractivity contribution in [2.45, 2.75) is 37.8 Å². The van der Waals surface area contributed by atoms with Crippen LogP contribution in [0, 0.1) is 6.92 Å². The Hall–Kier alpha value is -1.35. The van der Waals surface area contributed by atoms with Gasteiger partial charge in [0.25, 0.3) is 5.56 Å². The first-order valence-electron chi connectivity index (χ1n) is 9.39. The second-order valence-electron chi connectivity index (χ2n) is 7.34. The van der Waals surface area contributed by atoms with Gasteiger partial charge in [-0.05, 0) is 55.9 Å². The van der Waals surface area contributed by atoms with Gasteiger partial charge in [-0.15, -0.1) is 11.3 Å². The van der Waals surface area contributed by atoms with E-state index in [-0.39, 0.29) is 11.3 Å². The third-order valence-electron chi connectivity index (χ3n) is 5.06. The molecule has 0 unspecified atom stereocenters. The summed E-state index contributed by atoms with van der Waals surface area (Å²) < 4.78 is 24.7. The lowest BCUT2D eigenvalue weighted by molar-refractivity contribution is 0.603. The number of hydrogen-bond acceptors (Lipinski definition) is 6. The first-order valence-corrected chi connectivity index (χ1v) is 13.6. The van der Waals surface area contributed by atoms with E-state index in [9.17, 15) is 13.2 Å². The van der Waals surface area contributed by atoms with Crippen LogP contribution in [0.25, 0.3) is 15.9 Å². The topological polar surface area (TPSA) is 69.0 Å². The highest BCUT2D eigenvalue weighted by atomic mass is 35.5. The number of halogens is 1. The summed E-state index contributed by atoms with van der Waals surface area (Å²) in [6, 6.07) is 5.50. The van der Waals surface area contributed by atoms with E-state index in [2.05, 4.69) is 0 Å². The van der Waals surface area contributed by atoms with Gasteiger partial charge >= 0.3 is 0 Å². The second-order valence-corrected chi connectivity index (χ2v) is 12.2. The van der Waals surface area contributed by atoms with Gasteiger partial charge in [0.1, 0.15) is 14.7 Å². The van der Waals surface area contributed by atoms with E-state index in [1.807, 2.05) is 19.1 Å². The molecule has 5 nitrogen and oxygen atoms in total. The van der Waals surface area contributed by atoms with Crippen LogP contribution in [0.3, 0.4) is 0 Å². The van der Waals surface area contributed by atoms with Crippen LogP contribution in [-0.2, 0) is 22.7 Å². The van der Waals surface area contributed by atoms with Crippen molar-refractivity contribution in [3.63, 3.8) is 0 Å². The summed E-state index contributed by atoms with van der Waals surface area (Å²) in [5.41, 5.74) is 2.61. The number of benzene rings is 1. The molecule has 29 heavy (non-hydrogen) atoms.